The third-order valence-electron chi connectivity index (χ3n) is 5.54. The van der Waals surface area contributed by atoms with Crippen LogP contribution in [0.2, 0.25) is 0 Å². The second-order valence-electron chi connectivity index (χ2n) is 7.39. The van der Waals surface area contributed by atoms with Gasteiger partial charge in [0.05, 0.1) is 10.4 Å². The average molecular weight is 413 g/mol. The summed E-state index contributed by atoms with van der Waals surface area (Å²) < 4.78 is 5.50. The second-order valence-corrected chi connectivity index (χ2v) is 8.33. The number of benzene rings is 1. The lowest BCUT2D eigenvalue weighted by Crippen LogP contribution is -2.48. The van der Waals surface area contributed by atoms with Gasteiger partial charge < -0.3 is 14.4 Å². The van der Waals surface area contributed by atoms with Crippen molar-refractivity contribution in [3.05, 3.63) is 61.6 Å². The molecule has 6 nitrogen and oxygen atoms in total. The van der Waals surface area contributed by atoms with Gasteiger partial charge in [-0.2, -0.15) is 0 Å². The Morgan fingerprint density at radius 3 is 2.66 bits per heavy atom. The Hall–Kier alpha value is -2.64. The van der Waals surface area contributed by atoms with Gasteiger partial charge in [-0.1, -0.05) is 13.0 Å². The summed E-state index contributed by atoms with van der Waals surface area (Å²) in [5, 5.41) is 13.6. The Labute approximate surface area is 173 Å². The van der Waals surface area contributed by atoms with E-state index in [1.165, 1.54) is 17.4 Å². The van der Waals surface area contributed by atoms with Crippen LogP contribution in [0.5, 0.6) is 5.75 Å². The highest BCUT2D eigenvalue weighted by Crippen LogP contribution is 2.33. The number of carbonyl (C=O) groups is 1. The predicted octanol–water partition coefficient (Wildman–Crippen LogP) is 3.39. The lowest BCUT2D eigenvalue weighted by Gasteiger charge is -2.34. The van der Waals surface area contributed by atoms with Crippen LogP contribution in [0.1, 0.15) is 33.3 Å². The highest BCUT2D eigenvalue weighted by atomic mass is 32.1. The van der Waals surface area contributed by atoms with Crippen LogP contribution in [0, 0.1) is 6.92 Å². The summed E-state index contributed by atoms with van der Waals surface area (Å²) >= 11 is 1.46. The van der Waals surface area contributed by atoms with Gasteiger partial charge in [0, 0.05) is 44.2 Å². The highest BCUT2D eigenvalue weighted by molar-refractivity contribution is 7.12. The Bertz CT molecular complexity index is 1100. The van der Waals surface area contributed by atoms with Crippen LogP contribution in [-0.4, -0.2) is 47.0 Å². The largest absolute Gasteiger partial charge is 0.507 e. The molecule has 1 N–H and O–H groups in total. The van der Waals surface area contributed by atoms with E-state index in [0.29, 0.717) is 50.3 Å². The zero-order valence-electron chi connectivity index (χ0n) is 16.6. The lowest BCUT2D eigenvalue weighted by atomic mass is 9.99. The molecule has 152 valence electrons. The molecule has 3 heterocycles. The fraction of sp³-hybridized carbons (Fsp3) is 0.364. The normalized spacial score (nSPS) is 15.2. The molecule has 0 spiro atoms. The molecule has 1 aromatic carbocycles. The van der Waals surface area contributed by atoms with Gasteiger partial charge in [0.2, 0.25) is 0 Å². The quantitative estimate of drug-likeness (QED) is 0.665. The summed E-state index contributed by atoms with van der Waals surface area (Å²) in [7, 11) is 0. The zero-order chi connectivity index (χ0) is 20.5. The van der Waals surface area contributed by atoms with E-state index in [1.807, 2.05) is 42.3 Å². The molecule has 1 fully saturated rings. The number of carbonyl (C=O) groups excluding carboxylic acids is 1. The van der Waals surface area contributed by atoms with Crippen LogP contribution in [0.4, 0.5) is 0 Å². The van der Waals surface area contributed by atoms with Crippen LogP contribution in [-0.2, 0) is 13.0 Å². The molecule has 0 aliphatic carbocycles. The molecule has 1 amide bonds. The number of aromatic hydroxyl groups is 1. The van der Waals surface area contributed by atoms with E-state index in [4.69, 9.17) is 4.42 Å². The molecular weight excluding hydrogens is 388 g/mol. The zero-order valence-corrected chi connectivity index (χ0v) is 17.4. The van der Waals surface area contributed by atoms with Crippen LogP contribution in [0.3, 0.4) is 0 Å². The van der Waals surface area contributed by atoms with E-state index in [9.17, 15) is 14.7 Å². The number of rotatable bonds is 4. The van der Waals surface area contributed by atoms with Gasteiger partial charge in [0.1, 0.15) is 11.3 Å². The van der Waals surface area contributed by atoms with Gasteiger partial charge in [0.15, 0.2) is 0 Å². The third-order valence-corrected chi connectivity index (χ3v) is 6.40. The van der Waals surface area contributed by atoms with Crippen molar-refractivity contribution in [1.29, 1.82) is 0 Å². The summed E-state index contributed by atoms with van der Waals surface area (Å²) in [4.78, 5) is 29.3. The van der Waals surface area contributed by atoms with Crippen molar-refractivity contribution in [2.75, 3.05) is 26.2 Å². The smallest absolute Gasteiger partial charge is 0.336 e. The maximum absolute atomic E-state index is 12.5. The SMILES string of the molecule is CCc1cc2c(C)cc(=O)oc2c(CN2CCN(C(=O)c3cccs3)CC2)c1O. The molecule has 1 saturated heterocycles. The molecule has 7 heteroatoms. The Morgan fingerprint density at radius 2 is 2.00 bits per heavy atom. The predicted molar refractivity (Wildman–Crippen MR) is 114 cm³/mol. The van der Waals surface area contributed by atoms with Gasteiger partial charge in [-0.15, -0.1) is 11.3 Å². The summed E-state index contributed by atoms with van der Waals surface area (Å²) in [5.41, 5.74) is 2.39. The first-order valence-electron chi connectivity index (χ1n) is 9.81. The molecule has 1 aliphatic heterocycles. The van der Waals surface area contributed by atoms with Crippen molar-refractivity contribution < 1.29 is 14.3 Å². The number of piperazine rings is 1. The first kappa shape index (κ1) is 19.7. The lowest BCUT2D eigenvalue weighted by molar-refractivity contribution is 0.0632. The number of fused-ring (bicyclic) bond motifs is 1. The monoisotopic (exact) mass is 412 g/mol. The first-order chi connectivity index (χ1) is 14.0. The van der Waals surface area contributed by atoms with Gasteiger partial charge in [-0.25, -0.2) is 4.79 Å². The molecule has 1 aliphatic rings. The molecule has 0 unspecified atom stereocenters. The van der Waals surface area contributed by atoms with Gasteiger partial charge in [0.25, 0.3) is 5.91 Å². The van der Waals surface area contributed by atoms with Crippen LogP contribution in [0.15, 0.2) is 38.9 Å². The van der Waals surface area contributed by atoms with E-state index < -0.39 is 5.63 Å². The molecule has 0 bridgehead atoms. The molecule has 0 saturated carbocycles. The average Bonchev–Trinajstić information content (AvgIpc) is 3.25. The minimum absolute atomic E-state index is 0.0718. The fourth-order valence-corrected chi connectivity index (χ4v) is 4.56. The maximum Gasteiger partial charge on any atom is 0.336 e. The van der Waals surface area contributed by atoms with Crippen LogP contribution < -0.4 is 5.63 Å². The van der Waals surface area contributed by atoms with Crippen LogP contribution >= 0.6 is 11.3 Å². The minimum Gasteiger partial charge on any atom is -0.507 e. The van der Waals surface area contributed by atoms with Crippen molar-refractivity contribution in [3.63, 3.8) is 0 Å². The molecular formula is C22H24N2O4S. The fourth-order valence-electron chi connectivity index (χ4n) is 3.87. The van der Waals surface area contributed by atoms with Crippen molar-refractivity contribution in [3.8, 4) is 5.75 Å². The Kier molecular flexibility index (Phi) is 5.43. The van der Waals surface area contributed by atoms with E-state index in [2.05, 4.69) is 4.90 Å². The summed E-state index contributed by atoms with van der Waals surface area (Å²) in [6.07, 6.45) is 0.691. The standard InChI is InChI=1S/C22H24N2O4S/c1-3-15-12-16-14(2)11-19(25)28-21(16)17(20(15)26)13-23-6-8-24(9-7-23)22(27)18-5-4-10-29-18/h4-5,10-12,26H,3,6-9,13H2,1-2H3. The second kappa shape index (κ2) is 8.00. The number of phenols is 1. The van der Waals surface area contributed by atoms with Crippen molar-refractivity contribution in [2.24, 2.45) is 0 Å². The number of aryl methyl sites for hydroxylation is 2. The number of nitrogens with zero attached hydrogens (tertiary/aromatic N) is 2. The van der Waals surface area contributed by atoms with E-state index in [1.54, 1.807) is 0 Å². The van der Waals surface area contributed by atoms with Crippen LogP contribution in [0.25, 0.3) is 11.0 Å². The number of amides is 1. The third kappa shape index (κ3) is 3.80. The van der Waals surface area contributed by atoms with Gasteiger partial charge >= 0.3 is 5.63 Å². The number of hydrogen-bond acceptors (Lipinski definition) is 6. The van der Waals surface area contributed by atoms with Crippen molar-refractivity contribution in [1.82, 2.24) is 9.80 Å². The highest BCUT2D eigenvalue weighted by Gasteiger charge is 2.25. The Balaban J connectivity index is 1.58. The van der Waals surface area contributed by atoms with E-state index in [0.717, 1.165) is 21.4 Å². The first-order valence-corrected chi connectivity index (χ1v) is 10.7. The molecule has 3 aromatic rings. The summed E-state index contributed by atoms with van der Waals surface area (Å²) in [6.45, 7) is 7.01. The van der Waals surface area contributed by atoms with Crippen molar-refractivity contribution >= 4 is 28.2 Å². The maximum atomic E-state index is 12.5. The summed E-state index contributed by atoms with van der Waals surface area (Å²) in [6, 6.07) is 7.13. The molecule has 4 rings (SSSR count). The number of thiophene rings is 1. The minimum atomic E-state index is -0.411. The topological polar surface area (TPSA) is 74.0 Å². The molecule has 0 radical (unpaired) electrons. The molecule has 29 heavy (non-hydrogen) atoms. The number of hydrogen-bond donors (Lipinski definition) is 1. The molecule has 2 aromatic heterocycles. The van der Waals surface area contributed by atoms with Gasteiger partial charge in [-0.3, -0.25) is 9.69 Å². The van der Waals surface area contributed by atoms with Crippen molar-refractivity contribution in [2.45, 2.75) is 26.8 Å². The number of phenolic OH excluding ortho intramolecular Hbond substituents is 1. The Morgan fingerprint density at radius 1 is 1.24 bits per heavy atom. The van der Waals surface area contributed by atoms with E-state index >= 15 is 0 Å². The summed E-state index contributed by atoms with van der Waals surface area (Å²) in [5.74, 6) is 0.272. The van der Waals surface area contributed by atoms with Gasteiger partial charge in [-0.05, 0) is 42.0 Å². The van der Waals surface area contributed by atoms with E-state index in [-0.39, 0.29) is 11.7 Å². The molecule has 0 atom stereocenters.